The molecular formula is C25H33ClN2O3. The third-order valence-corrected chi connectivity index (χ3v) is 5.54. The second-order valence-electron chi connectivity index (χ2n) is 8.13. The fourth-order valence-electron chi connectivity index (χ4n) is 3.19. The Morgan fingerprint density at radius 3 is 2.42 bits per heavy atom. The van der Waals surface area contributed by atoms with Gasteiger partial charge < -0.3 is 15.0 Å². The second-order valence-corrected chi connectivity index (χ2v) is 8.56. The van der Waals surface area contributed by atoms with Gasteiger partial charge in [0.2, 0.25) is 5.91 Å². The van der Waals surface area contributed by atoms with Crippen molar-refractivity contribution in [3.63, 3.8) is 0 Å². The molecule has 168 valence electrons. The first kappa shape index (κ1) is 24.7. The lowest BCUT2D eigenvalue weighted by atomic mass is 10.0. The second kappa shape index (κ2) is 11.8. The fraction of sp³-hybridized carbons (Fsp3) is 0.440. The lowest BCUT2D eigenvalue weighted by Gasteiger charge is -2.30. The number of para-hydroxylation sites is 1. The molecule has 6 heteroatoms. The molecule has 31 heavy (non-hydrogen) atoms. The van der Waals surface area contributed by atoms with Gasteiger partial charge in [0.1, 0.15) is 11.8 Å². The Hall–Kier alpha value is -2.53. The zero-order chi connectivity index (χ0) is 23.0. The zero-order valence-corrected chi connectivity index (χ0v) is 19.8. The molecule has 0 saturated heterocycles. The van der Waals surface area contributed by atoms with Crippen LogP contribution in [0.4, 0.5) is 0 Å². The molecule has 0 fully saturated rings. The van der Waals surface area contributed by atoms with E-state index >= 15 is 0 Å². The number of nitrogens with one attached hydrogen (secondary N) is 1. The number of nitrogens with zero attached hydrogens (tertiary/aromatic N) is 1. The summed E-state index contributed by atoms with van der Waals surface area (Å²) in [5, 5.41) is 3.55. The largest absolute Gasteiger partial charge is 0.483 e. The van der Waals surface area contributed by atoms with Crippen molar-refractivity contribution >= 4 is 23.4 Å². The van der Waals surface area contributed by atoms with Gasteiger partial charge >= 0.3 is 0 Å². The maximum absolute atomic E-state index is 13.2. The first-order valence-electron chi connectivity index (χ1n) is 10.8. The Morgan fingerprint density at radius 2 is 1.77 bits per heavy atom. The minimum atomic E-state index is -0.649. The van der Waals surface area contributed by atoms with Crippen molar-refractivity contribution in [1.29, 1.82) is 0 Å². The Bertz CT molecular complexity index is 885. The number of ether oxygens (including phenoxy) is 1. The van der Waals surface area contributed by atoms with Crippen molar-refractivity contribution in [2.75, 3.05) is 6.61 Å². The van der Waals surface area contributed by atoms with Crippen LogP contribution in [-0.2, 0) is 16.1 Å². The highest BCUT2D eigenvalue weighted by atomic mass is 35.5. The summed E-state index contributed by atoms with van der Waals surface area (Å²) in [7, 11) is 0. The third kappa shape index (κ3) is 7.28. The minimum Gasteiger partial charge on any atom is -0.483 e. The molecule has 2 aromatic carbocycles. The normalized spacial score (nSPS) is 12.9. The number of carbonyl (C=O) groups is 2. The van der Waals surface area contributed by atoms with Gasteiger partial charge in [-0.3, -0.25) is 9.59 Å². The monoisotopic (exact) mass is 444 g/mol. The number of amides is 2. The van der Waals surface area contributed by atoms with Gasteiger partial charge in [0.25, 0.3) is 5.91 Å². The third-order valence-electron chi connectivity index (χ3n) is 5.30. The molecule has 0 unspecified atom stereocenters. The van der Waals surface area contributed by atoms with Crippen LogP contribution in [0.5, 0.6) is 5.75 Å². The molecule has 0 saturated carbocycles. The highest BCUT2D eigenvalue weighted by molar-refractivity contribution is 6.30. The average molecular weight is 445 g/mol. The summed E-state index contributed by atoms with van der Waals surface area (Å²) in [5.41, 5.74) is 1.89. The van der Waals surface area contributed by atoms with Gasteiger partial charge in [-0.2, -0.15) is 0 Å². The number of benzene rings is 2. The number of hydrogen-bond acceptors (Lipinski definition) is 3. The van der Waals surface area contributed by atoms with Crippen LogP contribution < -0.4 is 10.1 Å². The SMILES string of the molecule is CC[C@H](C)NC(=O)[C@H](C)N(Cc1cccc(Cl)c1)C(=O)COc1ccccc1C(C)C. The molecule has 0 aromatic heterocycles. The van der Waals surface area contributed by atoms with Crippen LogP contribution in [0.2, 0.25) is 5.02 Å². The van der Waals surface area contributed by atoms with E-state index in [0.29, 0.717) is 10.8 Å². The van der Waals surface area contributed by atoms with Crippen LogP contribution >= 0.6 is 11.6 Å². The number of carbonyl (C=O) groups excluding carboxylic acids is 2. The molecule has 2 aromatic rings. The van der Waals surface area contributed by atoms with E-state index in [9.17, 15) is 9.59 Å². The molecule has 2 rings (SSSR count). The predicted octanol–water partition coefficient (Wildman–Crippen LogP) is 5.17. The van der Waals surface area contributed by atoms with E-state index in [1.807, 2.05) is 50.2 Å². The van der Waals surface area contributed by atoms with E-state index in [1.54, 1.807) is 24.0 Å². The van der Waals surface area contributed by atoms with Crippen LogP contribution in [-0.4, -0.2) is 35.4 Å². The summed E-state index contributed by atoms with van der Waals surface area (Å²) in [6, 6.07) is 14.4. The quantitative estimate of drug-likeness (QED) is 0.549. The fourth-order valence-corrected chi connectivity index (χ4v) is 3.40. The van der Waals surface area contributed by atoms with E-state index in [4.69, 9.17) is 16.3 Å². The van der Waals surface area contributed by atoms with Crippen LogP contribution in [0.15, 0.2) is 48.5 Å². The van der Waals surface area contributed by atoms with Gasteiger partial charge in [-0.05, 0) is 55.5 Å². The molecule has 0 radical (unpaired) electrons. The molecule has 1 N–H and O–H groups in total. The summed E-state index contributed by atoms with van der Waals surface area (Å²) in [5.74, 6) is 0.511. The van der Waals surface area contributed by atoms with Crippen molar-refractivity contribution in [2.45, 2.75) is 65.6 Å². The maximum atomic E-state index is 13.2. The Balaban J connectivity index is 2.20. The summed E-state index contributed by atoms with van der Waals surface area (Å²) in [6.45, 7) is 9.97. The van der Waals surface area contributed by atoms with Gasteiger partial charge in [0.15, 0.2) is 6.61 Å². The predicted molar refractivity (Wildman–Crippen MR) is 125 cm³/mol. The summed E-state index contributed by atoms with van der Waals surface area (Å²) < 4.78 is 5.89. The lowest BCUT2D eigenvalue weighted by Crippen LogP contribution is -2.50. The summed E-state index contributed by atoms with van der Waals surface area (Å²) >= 11 is 6.12. The molecule has 2 amide bonds. The van der Waals surface area contributed by atoms with Gasteiger partial charge in [-0.25, -0.2) is 0 Å². The van der Waals surface area contributed by atoms with Crippen molar-refractivity contribution in [2.24, 2.45) is 0 Å². The topological polar surface area (TPSA) is 58.6 Å². The highest BCUT2D eigenvalue weighted by Crippen LogP contribution is 2.26. The zero-order valence-electron chi connectivity index (χ0n) is 19.0. The maximum Gasteiger partial charge on any atom is 0.261 e. The molecule has 0 spiro atoms. The van der Waals surface area contributed by atoms with Gasteiger partial charge in [-0.15, -0.1) is 0 Å². The molecule has 0 aliphatic rings. The molecular weight excluding hydrogens is 412 g/mol. The molecule has 0 bridgehead atoms. The van der Waals surface area contributed by atoms with E-state index in [1.165, 1.54) is 0 Å². The first-order valence-corrected chi connectivity index (χ1v) is 11.2. The van der Waals surface area contributed by atoms with Crippen LogP contribution in [0, 0.1) is 0 Å². The van der Waals surface area contributed by atoms with E-state index in [2.05, 4.69) is 19.2 Å². The smallest absolute Gasteiger partial charge is 0.261 e. The van der Waals surface area contributed by atoms with Crippen molar-refractivity contribution in [3.05, 3.63) is 64.7 Å². The Kier molecular flexibility index (Phi) is 9.38. The van der Waals surface area contributed by atoms with Crippen molar-refractivity contribution < 1.29 is 14.3 Å². The molecule has 5 nitrogen and oxygen atoms in total. The van der Waals surface area contributed by atoms with Crippen LogP contribution in [0.25, 0.3) is 0 Å². The molecule has 0 aliphatic heterocycles. The Morgan fingerprint density at radius 1 is 1.06 bits per heavy atom. The number of halogens is 1. The lowest BCUT2D eigenvalue weighted by molar-refractivity contribution is -0.142. The molecule has 0 aliphatic carbocycles. The summed E-state index contributed by atoms with van der Waals surface area (Å²) in [4.78, 5) is 27.5. The highest BCUT2D eigenvalue weighted by Gasteiger charge is 2.27. The first-order chi connectivity index (χ1) is 14.7. The van der Waals surface area contributed by atoms with Crippen LogP contribution in [0.1, 0.15) is 58.1 Å². The molecule has 2 atom stereocenters. The van der Waals surface area contributed by atoms with Crippen molar-refractivity contribution in [3.8, 4) is 5.75 Å². The average Bonchev–Trinajstić information content (AvgIpc) is 2.75. The Labute approximate surface area is 190 Å². The van der Waals surface area contributed by atoms with Gasteiger partial charge in [-0.1, -0.05) is 62.7 Å². The standard InChI is InChI=1S/C25H33ClN2O3/c1-6-18(4)27-25(30)19(5)28(15-20-10-9-11-21(26)14-20)24(29)16-31-23-13-8-7-12-22(23)17(2)3/h7-14,17-19H,6,15-16H2,1-5H3,(H,27,30)/t18-,19-/m0/s1. The van der Waals surface area contributed by atoms with E-state index < -0.39 is 6.04 Å². The summed E-state index contributed by atoms with van der Waals surface area (Å²) in [6.07, 6.45) is 0.815. The van der Waals surface area contributed by atoms with Gasteiger partial charge in [0.05, 0.1) is 0 Å². The molecule has 0 heterocycles. The van der Waals surface area contributed by atoms with E-state index in [-0.39, 0.29) is 36.9 Å². The number of hydrogen-bond donors (Lipinski definition) is 1. The van der Waals surface area contributed by atoms with Gasteiger partial charge in [0, 0.05) is 17.6 Å². The van der Waals surface area contributed by atoms with Crippen molar-refractivity contribution in [1.82, 2.24) is 10.2 Å². The van der Waals surface area contributed by atoms with Crippen LogP contribution in [0.3, 0.4) is 0 Å². The minimum absolute atomic E-state index is 0.0345. The number of rotatable bonds is 10. The van der Waals surface area contributed by atoms with E-state index in [0.717, 1.165) is 17.5 Å².